The van der Waals surface area contributed by atoms with Crippen molar-refractivity contribution in [3.8, 4) is 22.9 Å². The predicted octanol–water partition coefficient (Wildman–Crippen LogP) is 2.95. The number of imidazole rings is 1. The molecule has 0 spiro atoms. The summed E-state index contributed by atoms with van der Waals surface area (Å²) in [7, 11) is 0. The third-order valence-corrected chi connectivity index (χ3v) is 2.93. The highest BCUT2D eigenvalue weighted by Crippen LogP contribution is 2.27. The Kier molecular flexibility index (Phi) is 2.23. The van der Waals surface area contributed by atoms with E-state index in [1.807, 2.05) is 13.0 Å². The van der Waals surface area contributed by atoms with Gasteiger partial charge in [0.15, 0.2) is 0 Å². The van der Waals surface area contributed by atoms with Crippen molar-refractivity contribution in [2.75, 3.05) is 0 Å². The van der Waals surface area contributed by atoms with Crippen LogP contribution in [0.5, 0.6) is 11.5 Å². The first-order valence-corrected chi connectivity index (χ1v) is 5.62. The number of aromatic amines is 1. The second kappa shape index (κ2) is 3.77. The minimum atomic E-state index is 0.208. The summed E-state index contributed by atoms with van der Waals surface area (Å²) >= 11 is 0. The van der Waals surface area contributed by atoms with E-state index >= 15 is 0 Å². The Labute approximate surface area is 104 Å². The Balaban J connectivity index is 2.19. The SMILES string of the molecule is Cc1cc(O)ccc1-c1nc2ccc(O)cc2[nH]1. The van der Waals surface area contributed by atoms with Gasteiger partial charge in [0.05, 0.1) is 11.0 Å². The lowest BCUT2D eigenvalue weighted by Gasteiger charge is -2.02. The van der Waals surface area contributed by atoms with Gasteiger partial charge in [0.2, 0.25) is 0 Å². The highest BCUT2D eigenvalue weighted by molar-refractivity contribution is 5.81. The zero-order valence-electron chi connectivity index (χ0n) is 9.81. The van der Waals surface area contributed by atoms with Crippen molar-refractivity contribution in [1.29, 1.82) is 0 Å². The Morgan fingerprint density at radius 2 is 1.72 bits per heavy atom. The molecule has 0 saturated carbocycles. The summed E-state index contributed by atoms with van der Waals surface area (Å²) in [6.07, 6.45) is 0. The van der Waals surface area contributed by atoms with Gasteiger partial charge in [0, 0.05) is 11.6 Å². The molecule has 4 nitrogen and oxygen atoms in total. The lowest BCUT2D eigenvalue weighted by molar-refractivity contribution is 0.475. The minimum Gasteiger partial charge on any atom is -0.508 e. The second-order valence-corrected chi connectivity index (χ2v) is 4.29. The fourth-order valence-corrected chi connectivity index (χ4v) is 2.04. The molecule has 1 heterocycles. The zero-order chi connectivity index (χ0) is 12.7. The number of phenols is 2. The van der Waals surface area contributed by atoms with Crippen molar-refractivity contribution in [3.63, 3.8) is 0 Å². The van der Waals surface area contributed by atoms with Crippen LogP contribution in [-0.2, 0) is 0 Å². The van der Waals surface area contributed by atoms with Gasteiger partial charge in [0.25, 0.3) is 0 Å². The largest absolute Gasteiger partial charge is 0.508 e. The van der Waals surface area contributed by atoms with Crippen LogP contribution in [0.3, 0.4) is 0 Å². The number of hydrogen-bond acceptors (Lipinski definition) is 3. The van der Waals surface area contributed by atoms with Gasteiger partial charge in [-0.3, -0.25) is 0 Å². The van der Waals surface area contributed by atoms with E-state index < -0.39 is 0 Å². The summed E-state index contributed by atoms with van der Waals surface area (Å²) in [6, 6.07) is 10.2. The number of fused-ring (bicyclic) bond motifs is 1. The molecule has 0 aliphatic heterocycles. The Bertz CT molecular complexity index is 732. The fraction of sp³-hybridized carbons (Fsp3) is 0.0714. The van der Waals surface area contributed by atoms with Crippen LogP contribution >= 0.6 is 0 Å². The molecule has 3 N–H and O–H groups in total. The molecule has 0 bridgehead atoms. The van der Waals surface area contributed by atoms with Gasteiger partial charge >= 0.3 is 0 Å². The number of phenolic OH excluding ortho intramolecular Hbond substituents is 2. The third kappa shape index (κ3) is 1.68. The molecule has 0 amide bonds. The maximum Gasteiger partial charge on any atom is 0.138 e. The van der Waals surface area contributed by atoms with E-state index in [0.29, 0.717) is 0 Å². The van der Waals surface area contributed by atoms with Gasteiger partial charge in [0.1, 0.15) is 17.3 Å². The average Bonchev–Trinajstić information content (AvgIpc) is 2.71. The summed E-state index contributed by atoms with van der Waals surface area (Å²) in [5.41, 5.74) is 3.47. The zero-order valence-corrected chi connectivity index (χ0v) is 9.81. The molecule has 1 aromatic heterocycles. The van der Waals surface area contributed by atoms with Gasteiger partial charge in [-0.15, -0.1) is 0 Å². The molecule has 0 fully saturated rings. The van der Waals surface area contributed by atoms with Gasteiger partial charge in [-0.1, -0.05) is 0 Å². The molecule has 0 atom stereocenters. The van der Waals surface area contributed by atoms with Crippen molar-refractivity contribution >= 4 is 11.0 Å². The van der Waals surface area contributed by atoms with E-state index in [2.05, 4.69) is 9.97 Å². The lowest BCUT2D eigenvalue weighted by atomic mass is 10.1. The molecule has 4 heteroatoms. The Morgan fingerprint density at radius 3 is 2.50 bits per heavy atom. The summed E-state index contributed by atoms with van der Waals surface area (Å²) in [5.74, 6) is 1.18. The number of aryl methyl sites for hydroxylation is 1. The van der Waals surface area contributed by atoms with Crippen LogP contribution in [0.15, 0.2) is 36.4 Å². The Morgan fingerprint density at radius 1 is 1.00 bits per heavy atom. The van der Waals surface area contributed by atoms with Crippen LogP contribution in [0.25, 0.3) is 22.4 Å². The van der Waals surface area contributed by atoms with E-state index in [-0.39, 0.29) is 11.5 Å². The number of nitrogens with one attached hydrogen (secondary N) is 1. The molecule has 18 heavy (non-hydrogen) atoms. The molecule has 0 radical (unpaired) electrons. The maximum atomic E-state index is 9.42. The number of hydrogen-bond donors (Lipinski definition) is 3. The van der Waals surface area contributed by atoms with Crippen molar-refractivity contribution < 1.29 is 10.2 Å². The van der Waals surface area contributed by atoms with Crippen LogP contribution in [0.4, 0.5) is 0 Å². The number of benzene rings is 2. The Hall–Kier alpha value is -2.49. The second-order valence-electron chi connectivity index (χ2n) is 4.29. The predicted molar refractivity (Wildman–Crippen MR) is 69.6 cm³/mol. The van der Waals surface area contributed by atoms with Gasteiger partial charge in [-0.2, -0.15) is 0 Å². The van der Waals surface area contributed by atoms with Crippen LogP contribution in [-0.4, -0.2) is 20.2 Å². The first-order valence-electron chi connectivity index (χ1n) is 5.62. The maximum absolute atomic E-state index is 9.42. The number of nitrogens with zero attached hydrogens (tertiary/aromatic N) is 1. The van der Waals surface area contributed by atoms with Crippen LogP contribution in [0.1, 0.15) is 5.56 Å². The molecule has 0 aliphatic carbocycles. The van der Waals surface area contributed by atoms with Gasteiger partial charge in [-0.05, 0) is 42.8 Å². The first-order chi connectivity index (χ1) is 8.63. The van der Waals surface area contributed by atoms with Gasteiger partial charge < -0.3 is 15.2 Å². The number of aromatic hydroxyl groups is 2. The lowest BCUT2D eigenvalue weighted by Crippen LogP contribution is -1.84. The number of aromatic nitrogens is 2. The molecule has 0 saturated heterocycles. The molecule has 90 valence electrons. The summed E-state index contributed by atoms with van der Waals surface area (Å²) in [5, 5.41) is 18.8. The molecule has 3 aromatic rings. The highest BCUT2D eigenvalue weighted by atomic mass is 16.3. The van der Waals surface area contributed by atoms with E-state index in [1.54, 1.807) is 30.3 Å². The topological polar surface area (TPSA) is 69.1 Å². The van der Waals surface area contributed by atoms with Crippen molar-refractivity contribution in [2.45, 2.75) is 6.92 Å². The summed E-state index contributed by atoms with van der Waals surface area (Å²) in [4.78, 5) is 7.63. The summed E-state index contributed by atoms with van der Waals surface area (Å²) < 4.78 is 0. The molecular formula is C14H12N2O2. The molecular weight excluding hydrogens is 228 g/mol. The smallest absolute Gasteiger partial charge is 0.138 e. The fourth-order valence-electron chi connectivity index (χ4n) is 2.04. The first kappa shape index (κ1) is 10.7. The third-order valence-electron chi connectivity index (χ3n) is 2.93. The monoisotopic (exact) mass is 240 g/mol. The molecule has 0 aliphatic rings. The normalized spacial score (nSPS) is 10.9. The highest BCUT2D eigenvalue weighted by Gasteiger charge is 2.08. The molecule has 0 unspecified atom stereocenters. The van der Waals surface area contributed by atoms with E-state index in [4.69, 9.17) is 0 Å². The van der Waals surface area contributed by atoms with Crippen LogP contribution in [0, 0.1) is 6.92 Å². The number of H-pyrrole nitrogens is 1. The van der Waals surface area contributed by atoms with Crippen molar-refractivity contribution in [1.82, 2.24) is 9.97 Å². The average molecular weight is 240 g/mol. The summed E-state index contributed by atoms with van der Waals surface area (Å²) in [6.45, 7) is 1.92. The molecule has 3 rings (SSSR count). The minimum absolute atomic E-state index is 0.208. The van der Waals surface area contributed by atoms with Crippen molar-refractivity contribution in [2.24, 2.45) is 0 Å². The standard InChI is InChI=1S/C14H12N2O2/c1-8-6-9(17)2-4-11(8)14-15-12-5-3-10(18)7-13(12)16-14/h2-7,17-18H,1H3,(H,15,16). The van der Waals surface area contributed by atoms with Gasteiger partial charge in [-0.25, -0.2) is 4.98 Å². The van der Waals surface area contributed by atoms with E-state index in [9.17, 15) is 10.2 Å². The van der Waals surface area contributed by atoms with Crippen molar-refractivity contribution in [3.05, 3.63) is 42.0 Å². The van der Waals surface area contributed by atoms with Crippen LogP contribution < -0.4 is 0 Å². The molecule has 2 aromatic carbocycles. The van der Waals surface area contributed by atoms with Crippen LogP contribution in [0.2, 0.25) is 0 Å². The number of rotatable bonds is 1. The van der Waals surface area contributed by atoms with E-state index in [1.165, 1.54) is 0 Å². The van der Waals surface area contributed by atoms with E-state index in [0.717, 1.165) is 28.0 Å². The quantitative estimate of drug-likeness (QED) is 0.612.